The molecular weight excluding hydrogens is 388 g/mol. The largest absolute Gasteiger partial charge is 0.512 e. The van der Waals surface area contributed by atoms with Crippen LogP contribution in [0.2, 0.25) is 6.04 Å². The van der Waals surface area contributed by atoms with E-state index in [-0.39, 0.29) is 0 Å². The normalized spacial score (nSPS) is 14.8. The molecule has 22 heavy (non-hydrogen) atoms. The summed E-state index contributed by atoms with van der Waals surface area (Å²) in [5.74, 6) is 0. The van der Waals surface area contributed by atoms with Gasteiger partial charge >= 0.3 is 40.3 Å². The Morgan fingerprint density at radius 1 is 0.864 bits per heavy atom. The molecule has 133 valence electrons. The fourth-order valence-electron chi connectivity index (χ4n) is 1.07. The molecule has 16 heteroatoms. The minimum Gasteiger partial charge on any atom is -0.397 e. The quantitative estimate of drug-likeness (QED) is 0.465. The molecule has 0 bridgehead atoms. The van der Waals surface area contributed by atoms with Crippen molar-refractivity contribution in [1.29, 1.82) is 0 Å². The number of halogens is 6. The zero-order chi connectivity index (χ0) is 18.0. The highest BCUT2D eigenvalue weighted by atomic mass is 32.3. The summed E-state index contributed by atoms with van der Waals surface area (Å²) in [4.78, 5) is 0. The van der Waals surface area contributed by atoms with E-state index in [2.05, 4.69) is 8.85 Å². The molecule has 0 heterocycles. The number of rotatable bonds is 7. The molecule has 0 aromatic rings. The summed E-state index contributed by atoms with van der Waals surface area (Å²) in [6.07, 6.45) is 0. The van der Waals surface area contributed by atoms with Crippen LogP contribution in [0.15, 0.2) is 0 Å². The third kappa shape index (κ3) is 4.54. The molecule has 0 aliphatic carbocycles. The summed E-state index contributed by atoms with van der Waals surface area (Å²) in [7, 11) is -13.9. The zero-order valence-electron chi connectivity index (χ0n) is 10.9. The third-order valence-electron chi connectivity index (χ3n) is 2.07. The first kappa shape index (κ1) is 21.6. The summed E-state index contributed by atoms with van der Waals surface area (Å²) in [5.41, 5.74) is -12.4. The van der Waals surface area contributed by atoms with Gasteiger partial charge in [-0.05, 0) is 0 Å². The molecule has 0 fully saturated rings. The molecule has 1 radical (unpaired) electrons. The molecule has 0 aliphatic heterocycles. The predicted octanol–water partition coefficient (Wildman–Crippen LogP) is 0.769. The lowest BCUT2D eigenvalue weighted by Gasteiger charge is -2.24. The second-order valence-corrected chi connectivity index (χ2v) is 9.43. The molecule has 0 saturated heterocycles. The molecule has 0 atom stereocenters. The standard InChI is InChI=1S/C6H10F6NO6S2Si/c1-18-22(19-2)4-3-13(20(14,15)5(7,8)9)21(16,17)6(10,11)12/h3-4H2,1-2H3. The van der Waals surface area contributed by atoms with Crippen LogP contribution in [0.3, 0.4) is 0 Å². The van der Waals surface area contributed by atoms with Gasteiger partial charge in [0.05, 0.1) is 0 Å². The summed E-state index contributed by atoms with van der Waals surface area (Å²) >= 11 is 0. The summed E-state index contributed by atoms with van der Waals surface area (Å²) in [6, 6.07) is -0.789. The summed E-state index contributed by atoms with van der Waals surface area (Å²) < 4.78 is 126. The Labute approximate surface area is 123 Å². The molecular formula is C6H10F6NO6S2Si. The first-order valence-corrected chi connectivity index (χ1v) is 9.37. The van der Waals surface area contributed by atoms with Crippen LogP contribution in [0.4, 0.5) is 26.3 Å². The van der Waals surface area contributed by atoms with Gasteiger partial charge in [0.1, 0.15) is 0 Å². The van der Waals surface area contributed by atoms with Gasteiger partial charge < -0.3 is 8.85 Å². The van der Waals surface area contributed by atoms with E-state index in [0.29, 0.717) is 0 Å². The van der Waals surface area contributed by atoms with Crippen LogP contribution in [0, 0.1) is 0 Å². The van der Waals surface area contributed by atoms with E-state index in [1.807, 2.05) is 0 Å². The van der Waals surface area contributed by atoms with E-state index in [1.54, 1.807) is 0 Å². The second-order valence-electron chi connectivity index (χ2n) is 3.43. The number of hydrogen-bond donors (Lipinski definition) is 0. The molecule has 0 aromatic carbocycles. The van der Waals surface area contributed by atoms with E-state index in [4.69, 9.17) is 0 Å². The SMILES string of the molecule is CO[Si](CCN(S(=O)(=O)C(F)(F)F)S(=O)(=O)C(F)(F)F)OC. The predicted molar refractivity (Wildman–Crippen MR) is 61.2 cm³/mol. The van der Waals surface area contributed by atoms with Crippen molar-refractivity contribution in [3.63, 3.8) is 0 Å². The minimum atomic E-state index is -6.76. The van der Waals surface area contributed by atoms with Crippen molar-refractivity contribution in [2.24, 2.45) is 0 Å². The van der Waals surface area contributed by atoms with E-state index in [1.165, 1.54) is 0 Å². The van der Waals surface area contributed by atoms with E-state index >= 15 is 0 Å². The van der Waals surface area contributed by atoms with Gasteiger partial charge in [0, 0.05) is 26.8 Å². The highest BCUT2D eigenvalue weighted by Gasteiger charge is 2.61. The van der Waals surface area contributed by atoms with Crippen molar-refractivity contribution >= 4 is 29.3 Å². The Morgan fingerprint density at radius 3 is 1.41 bits per heavy atom. The molecule has 0 N–H and O–H groups in total. The van der Waals surface area contributed by atoms with Gasteiger partial charge in [0.15, 0.2) is 0 Å². The van der Waals surface area contributed by atoms with Crippen molar-refractivity contribution in [2.45, 2.75) is 17.1 Å². The Kier molecular flexibility index (Phi) is 6.86. The van der Waals surface area contributed by atoms with Crippen LogP contribution >= 0.6 is 0 Å². The molecule has 7 nitrogen and oxygen atoms in total. The lowest BCUT2D eigenvalue weighted by atomic mass is 10.8. The van der Waals surface area contributed by atoms with Crippen LogP contribution in [-0.2, 0) is 28.9 Å². The second kappa shape index (κ2) is 6.99. The van der Waals surface area contributed by atoms with Crippen LogP contribution in [0.25, 0.3) is 0 Å². The Balaban J connectivity index is 5.85. The summed E-state index contributed by atoms with van der Waals surface area (Å²) in [5, 5.41) is 0. The lowest BCUT2D eigenvalue weighted by Crippen LogP contribution is -2.50. The number of sulfonamides is 2. The molecule has 0 aromatic heterocycles. The maximum atomic E-state index is 12.4. The average molecular weight is 398 g/mol. The molecule has 0 amide bonds. The Morgan fingerprint density at radius 2 is 1.18 bits per heavy atom. The van der Waals surface area contributed by atoms with Gasteiger partial charge in [-0.3, -0.25) is 0 Å². The van der Waals surface area contributed by atoms with Crippen molar-refractivity contribution in [3.05, 3.63) is 0 Å². The lowest BCUT2D eigenvalue weighted by molar-refractivity contribution is -0.0530. The molecule has 0 rings (SSSR count). The molecule has 0 spiro atoms. The molecule has 0 aliphatic rings. The first-order valence-electron chi connectivity index (χ1n) is 4.97. The van der Waals surface area contributed by atoms with Crippen LogP contribution < -0.4 is 0 Å². The Hall–Kier alpha value is -0.423. The fraction of sp³-hybridized carbons (Fsp3) is 1.00. The van der Waals surface area contributed by atoms with E-state index < -0.39 is 56.6 Å². The van der Waals surface area contributed by atoms with E-state index in [9.17, 15) is 43.2 Å². The highest BCUT2D eigenvalue weighted by Crippen LogP contribution is 2.35. The average Bonchev–Trinajstić information content (AvgIpc) is 2.31. The smallest absolute Gasteiger partial charge is 0.397 e. The minimum absolute atomic E-state index is 0.789. The van der Waals surface area contributed by atoms with Crippen molar-refractivity contribution in [3.8, 4) is 0 Å². The van der Waals surface area contributed by atoms with Gasteiger partial charge in [-0.15, -0.1) is 0 Å². The van der Waals surface area contributed by atoms with Crippen molar-refractivity contribution < 1.29 is 52.0 Å². The number of hydrogen-bond acceptors (Lipinski definition) is 6. The van der Waals surface area contributed by atoms with Crippen molar-refractivity contribution in [1.82, 2.24) is 3.71 Å². The van der Waals surface area contributed by atoms with E-state index in [0.717, 1.165) is 14.2 Å². The Bertz CT molecular complexity index is 523. The zero-order valence-corrected chi connectivity index (χ0v) is 13.5. The maximum Gasteiger partial charge on any atom is 0.512 e. The van der Waals surface area contributed by atoms with Crippen LogP contribution in [-0.4, -0.2) is 61.6 Å². The monoisotopic (exact) mass is 398 g/mol. The van der Waals surface area contributed by atoms with Gasteiger partial charge in [-0.25, -0.2) is 16.8 Å². The maximum absolute atomic E-state index is 12.4. The first-order chi connectivity index (χ1) is 9.62. The van der Waals surface area contributed by atoms with Gasteiger partial charge in [-0.2, -0.15) is 26.3 Å². The molecule has 0 saturated carbocycles. The van der Waals surface area contributed by atoms with Gasteiger partial charge in [0.25, 0.3) is 0 Å². The summed E-state index contributed by atoms with van der Waals surface area (Å²) in [6.45, 7) is -1.63. The number of alkyl halides is 6. The number of nitrogens with zero attached hydrogens (tertiary/aromatic N) is 1. The third-order valence-corrected chi connectivity index (χ3v) is 7.40. The highest BCUT2D eigenvalue weighted by molar-refractivity contribution is 8.04. The van der Waals surface area contributed by atoms with Crippen LogP contribution in [0.5, 0.6) is 0 Å². The fourth-order valence-corrected chi connectivity index (χ4v) is 5.04. The van der Waals surface area contributed by atoms with Gasteiger partial charge in [0.2, 0.25) is 0 Å². The topological polar surface area (TPSA) is 90.0 Å². The van der Waals surface area contributed by atoms with Crippen molar-refractivity contribution in [2.75, 3.05) is 20.8 Å². The van der Waals surface area contributed by atoms with Crippen LogP contribution in [0.1, 0.15) is 0 Å². The molecule has 0 unspecified atom stereocenters. The van der Waals surface area contributed by atoms with Gasteiger partial charge in [-0.1, -0.05) is 3.71 Å².